The predicted octanol–water partition coefficient (Wildman–Crippen LogP) is 15.5. The Balaban J connectivity index is 1.30. The van der Waals surface area contributed by atoms with Gasteiger partial charge in [-0.15, -0.1) is 0 Å². The fourth-order valence-corrected chi connectivity index (χ4v) is 10.2. The number of hydrogen-bond acceptors (Lipinski definition) is 1. The van der Waals surface area contributed by atoms with E-state index < -0.39 is 0 Å². The van der Waals surface area contributed by atoms with Crippen molar-refractivity contribution in [2.75, 3.05) is 0 Å². The lowest BCUT2D eigenvalue weighted by atomic mass is 9.83. The predicted molar refractivity (Wildman–Crippen MR) is 235 cm³/mol. The molecule has 1 heteroatoms. The number of fused-ring (bicyclic) bond motifs is 11. The highest BCUT2D eigenvalue weighted by Gasteiger charge is 2.27. The second kappa shape index (κ2) is 10.7. The molecule has 0 N–H and O–H groups in total. The summed E-state index contributed by atoms with van der Waals surface area (Å²) in [6.07, 6.45) is 0. The van der Waals surface area contributed by atoms with Gasteiger partial charge >= 0.3 is 0 Å². The Hall–Kier alpha value is -7.22. The maximum Gasteiger partial charge on any atom is 0.143 e. The second-order valence-electron chi connectivity index (χ2n) is 15.1. The molecule has 0 aliphatic carbocycles. The van der Waals surface area contributed by atoms with E-state index in [1.165, 1.54) is 97.7 Å². The Morgan fingerprint density at radius 2 is 0.855 bits per heavy atom. The van der Waals surface area contributed by atoms with E-state index in [-0.39, 0.29) is 0 Å². The van der Waals surface area contributed by atoms with Crippen LogP contribution in [0.2, 0.25) is 0 Å². The Bertz CT molecular complexity index is 3680. The average molecular weight is 695 g/mol. The van der Waals surface area contributed by atoms with Crippen LogP contribution in [0.25, 0.3) is 131 Å². The van der Waals surface area contributed by atoms with Gasteiger partial charge in [-0.25, -0.2) is 0 Å². The standard InChI is InChI=1S/C54H30O/c1-3-14-31(15-4-1)48-45-30-43-37-20-8-7-19-36(37)39-23-13-26-42(50(39)43)51(45)49(32-16-5-2-6-17-32)52-41-25-11-18-33-28-34(29-44(47(33)41)53(48)52)35-22-12-24-40-38-21-9-10-27-46(38)55-54(35)40/h1-30H. The molecule has 13 aromatic rings. The van der Waals surface area contributed by atoms with Crippen LogP contribution in [-0.4, -0.2) is 0 Å². The summed E-state index contributed by atoms with van der Waals surface area (Å²) in [7, 11) is 0. The van der Waals surface area contributed by atoms with Gasteiger partial charge in [0.15, 0.2) is 0 Å². The van der Waals surface area contributed by atoms with Crippen LogP contribution in [0.1, 0.15) is 0 Å². The number of hydrogen-bond donors (Lipinski definition) is 0. The van der Waals surface area contributed by atoms with Crippen molar-refractivity contribution >= 4 is 97.3 Å². The molecular weight excluding hydrogens is 665 g/mol. The molecule has 55 heavy (non-hydrogen) atoms. The molecule has 0 unspecified atom stereocenters. The first kappa shape index (κ1) is 29.3. The number of rotatable bonds is 3. The molecule has 13 rings (SSSR count). The van der Waals surface area contributed by atoms with Gasteiger partial charge in [0.25, 0.3) is 0 Å². The molecule has 1 heterocycles. The van der Waals surface area contributed by atoms with Crippen LogP contribution in [0.3, 0.4) is 0 Å². The third-order valence-corrected chi connectivity index (χ3v) is 12.3. The molecule has 0 spiro atoms. The van der Waals surface area contributed by atoms with Crippen LogP contribution in [0.15, 0.2) is 186 Å². The fourth-order valence-electron chi connectivity index (χ4n) is 10.2. The summed E-state index contributed by atoms with van der Waals surface area (Å²) in [5, 5.41) is 20.5. The summed E-state index contributed by atoms with van der Waals surface area (Å²) in [6.45, 7) is 0. The van der Waals surface area contributed by atoms with Gasteiger partial charge in [-0.05, 0) is 127 Å². The maximum absolute atomic E-state index is 6.63. The van der Waals surface area contributed by atoms with Crippen LogP contribution in [0.5, 0.6) is 0 Å². The lowest BCUT2D eigenvalue weighted by Gasteiger charge is -2.19. The summed E-state index contributed by atoms with van der Waals surface area (Å²) in [5.74, 6) is 0. The lowest BCUT2D eigenvalue weighted by molar-refractivity contribution is 0.670. The molecule has 1 nitrogen and oxygen atoms in total. The van der Waals surface area contributed by atoms with Gasteiger partial charge in [0.2, 0.25) is 0 Å². The molecule has 0 saturated heterocycles. The Morgan fingerprint density at radius 1 is 0.273 bits per heavy atom. The minimum atomic E-state index is 0.915. The zero-order valence-corrected chi connectivity index (χ0v) is 29.7. The Morgan fingerprint density at radius 3 is 1.65 bits per heavy atom. The highest BCUT2D eigenvalue weighted by molar-refractivity contribution is 6.45. The van der Waals surface area contributed by atoms with E-state index in [9.17, 15) is 0 Å². The minimum Gasteiger partial charge on any atom is -0.455 e. The van der Waals surface area contributed by atoms with Crippen LogP contribution in [-0.2, 0) is 0 Å². The minimum absolute atomic E-state index is 0.915. The van der Waals surface area contributed by atoms with Crippen molar-refractivity contribution in [2.45, 2.75) is 0 Å². The van der Waals surface area contributed by atoms with E-state index >= 15 is 0 Å². The first-order valence-corrected chi connectivity index (χ1v) is 19.1. The largest absolute Gasteiger partial charge is 0.455 e. The van der Waals surface area contributed by atoms with Gasteiger partial charge in [0.1, 0.15) is 11.2 Å². The van der Waals surface area contributed by atoms with Crippen molar-refractivity contribution in [3.05, 3.63) is 182 Å². The lowest BCUT2D eigenvalue weighted by Crippen LogP contribution is -1.91. The van der Waals surface area contributed by atoms with Gasteiger partial charge in [-0.1, -0.05) is 158 Å². The van der Waals surface area contributed by atoms with Crippen LogP contribution in [0.4, 0.5) is 0 Å². The van der Waals surface area contributed by atoms with E-state index in [2.05, 4.69) is 176 Å². The summed E-state index contributed by atoms with van der Waals surface area (Å²) < 4.78 is 6.63. The van der Waals surface area contributed by atoms with E-state index in [4.69, 9.17) is 4.42 Å². The third kappa shape index (κ3) is 3.82. The van der Waals surface area contributed by atoms with Crippen molar-refractivity contribution in [2.24, 2.45) is 0 Å². The zero-order valence-electron chi connectivity index (χ0n) is 29.7. The average Bonchev–Trinajstić information content (AvgIpc) is 3.90. The summed E-state index contributed by atoms with van der Waals surface area (Å²) >= 11 is 0. The molecule has 0 fully saturated rings. The first-order valence-electron chi connectivity index (χ1n) is 19.1. The highest BCUT2D eigenvalue weighted by atomic mass is 16.3. The first-order chi connectivity index (χ1) is 27.3. The molecular formula is C54H30O. The van der Waals surface area contributed by atoms with Gasteiger partial charge < -0.3 is 4.42 Å². The smallest absolute Gasteiger partial charge is 0.143 e. The Labute approximate surface area is 315 Å². The maximum atomic E-state index is 6.63. The van der Waals surface area contributed by atoms with Gasteiger partial charge in [0.05, 0.1) is 0 Å². The van der Waals surface area contributed by atoms with E-state index in [1.54, 1.807) is 0 Å². The molecule has 12 aromatic carbocycles. The normalized spacial score (nSPS) is 12.4. The number of furan rings is 1. The number of para-hydroxylation sites is 2. The van der Waals surface area contributed by atoms with Crippen molar-refractivity contribution in [1.29, 1.82) is 0 Å². The monoisotopic (exact) mass is 694 g/mol. The summed E-state index contributed by atoms with van der Waals surface area (Å²) in [5.41, 5.74) is 9.16. The summed E-state index contributed by atoms with van der Waals surface area (Å²) in [6, 6.07) is 67.2. The topological polar surface area (TPSA) is 13.1 Å². The van der Waals surface area contributed by atoms with Gasteiger partial charge in [-0.3, -0.25) is 0 Å². The fraction of sp³-hybridized carbons (Fsp3) is 0. The molecule has 0 saturated carbocycles. The van der Waals surface area contributed by atoms with Gasteiger partial charge in [-0.2, -0.15) is 0 Å². The zero-order chi connectivity index (χ0) is 35.8. The molecule has 0 bridgehead atoms. The van der Waals surface area contributed by atoms with E-state index in [1.807, 2.05) is 6.07 Å². The van der Waals surface area contributed by atoms with Gasteiger partial charge in [0, 0.05) is 16.3 Å². The molecule has 1 aromatic heterocycles. The molecule has 252 valence electrons. The number of benzene rings is 10. The third-order valence-electron chi connectivity index (χ3n) is 12.3. The van der Waals surface area contributed by atoms with Crippen molar-refractivity contribution in [3.8, 4) is 33.4 Å². The highest BCUT2D eigenvalue weighted by Crippen LogP contribution is 2.55. The van der Waals surface area contributed by atoms with Crippen molar-refractivity contribution < 1.29 is 4.42 Å². The molecule has 0 amide bonds. The molecule has 0 radical (unpaired) electrons. The SMILES string of the molecule is c1ccc(-c2c3cc4c5ccccc5c5cccc(c3c(-c3ccccc3)c3c6cccc7cc(-c8cccc9c8oc8ccccc89)cc(c23)c76)c54)cc1. The van der Waals surface area contributed by atoms with E-state index in [0.717, 1.165) is 33.1 Å². The molecule has 0 aliphatic heterocycles. The summed E-state index contributed by atoms with van der Waals surface area (Å²) in [4.78, 5) is 0. The van der Waals surface area contributed by atoms with Crippen molar-refractivity contribution in [3.63, 3.8) is 0 Å². The quantitative estimate of drug-likeness (QED) is 0.168. The van der Waals surface area contributed by atoms with Crippen LogP contribution >= 0.6 is 0 Å². The van der Waals surface area contributed by atoms with Crippen LogP contribution in [0, 0.1) is 0 Å². The second-order valence-corrected chi connectivity index (χ2v) is 15.1. The van der Waals surface area contributed by atoms with E-state index in [0.29, 0.717) is 0 Å². The van der Waals surface area contributed by atoms with Crippen LogP contribution < -0.4 is 0 Å². The molecule has 0 aliphatic rings. The molecule has 0 atom stereocenters. The Kier molecular flexibility index (Phi) is 5.69. The van der Waals surface area contributed by atoms with Crippen molar-refractivity contribution in [1.82, 2.24) is 0 Å².